The monoisotopic (exact) mass is 694 g/mol. The highest BCUT2D eigenvalue weighted by atomic mass is 16.5. The molecule has 0 aliphatic heterocycles. The van der Waals surface area contributed by atoms with Crippen LogP contribution in [-0.4, -0.2) is 48.6 Å². The van der Waals surface area contributed by atoms with Crippen molar-refractivity contribution in [3.8, 4) is 23.0 Å². The summed E-state index contributed by atoms with van der Waals surface area (Å²) in [7, 11) is 0. The van der Waals surface area contributed by atoms with Gasteiger partial charge in [-0.2, -0.15) is 0 Å². The van der Waals surface area contributed by atoms with Crippen molar-refractivity contribution in [2.75, 3.05) is 31.7 Å². The molecular weight excluding hydrogens is 644 g/mol. The van der Waals surface area contributed by atoms with E-state index in [0.717, 1.165) is 47.9 Å². The molecule has 8 bridgehead atoms. The number of benzene rings is 4. The first kappa shape index (κ1) is 37.1. The summed E-state index contributed by atoms with van der Waals surface area (Å²) < 4.78 is 18.0. The third-order valence-electron chi connectivity index (χ3n) is 8.92. The highest BCUT2D eigenvalue weighted by Crippen LogP contribution is 2.39. The molecular formula is C42H50N2O7. The predicted molar refractivity (Wildman–Crippen MR) is 200 cm³/mol. The van der Waals surface area contributed by atoms with E-state index in [1.165, 1.54) is 0 Å². The van der Waals surface area contributed by atoms with Gasteiger partial charge in [0, 0.05) is 54.6 Å². The smallest absolute Gasteiger partial charge is 0.411 e. The molecule has 9 heteroatoms. The molecule has 5 rings (SSSR count). The highest BCUT2D eigenvalue weighted by Gasteiger charge is 2.23. The SMILES string of the molecule is CCCCNC(=O)c1cc2c(O)c(c1)Cc1cccc(c1OCCC)Cc1cc(NC(=O)OCC)cc(c1O)Cc1cccc(c1OCCC)C2. The topological polar surface area (TPSA) is 126 Å². The van der Waals surface area contributed by atoms with E-state index in [2.05, 4.69) is 17.6 Å². The second-order valence-electron chi connectivity index (χ2n) is 13.0. The van der Waals surface area contributed by atoms with E-state index in [9.17, 15) is 19.8 Å². The second kappa shape index (κ2) is 17.7. The van der Waals surface area contributed by atoms with E-state index < -0.39 is 6.09 Å². The normalized spacial score (nSPS) is 12.2. The first-order valence-corrected chi connectivity index (χ1v) is 18.1. The zero-order chi connectivity index (χ0) is 36.3. The summed E-state index contributed by atoms with van der Waals surface area (Å²) in [6.45, 7) is 9.64. The first-order chi connectivity index (χ1) is 24.8. The van der Waals surface area contributed by atoms with Crippen LogP contribution in [0.1, 0.15) is 108 Å². The summed E-state index contributed by atoms with van der Waals surface area (Å²) in [6, 6.07) is 18.8. The van der Waals surface area contributed by atoms with Crippen molar-refractivity contribution >= 4 is 17.7 Å². The van der Waals surface area contributed by atoms with Crippen LogP contribution in [0.25, 0.3) is 0 Å². The molecule has 0 unspecified atom stereocenters. The van der Waals surface area contributed by atoms with Crippen molar-refractivity contribution in [1.29, 1.82) is 0 Å². The largest absolute Gasteiger partial charge is 0.507 e. The molecule has 0 fully saturated rings. The van der Waals surface area contributed by atoms with Crippen LogP contribution in [0.5, 0.6) is 23.0 Å². The lowest BCUT2D eigenvalue weighted by Gasteiger charge is -2.21. The minimum atomic E-state index is -0.579. The van der Waals surface area contributed by atoms with E-state index in [1.54, 1.807) is 31.2 Å². The molecule has 270 valence electrons. The quantitative estimate of drug-likeness (QED) is 0.0763. The van der Waals surface area contributed by atoms with Crippen LogP contribution in [0.2, 0.25) is 0 Å². The average molecular weight is 695 g/mol. The van der Waals surface area contributed by atoms with Crippen LogP contribution < -0.4 is 20.1 Å². The van der Waals surface area contributed by atoms with E-state index >= 15 is 0 Å². The summed E-state index contributed by atoms with van der Waals surface area (Å²) in [5, 5.41) is 29.6. The molecule has 1 aliphatic carbocycles. The number of anilines is 1. The number of hydrogen-bond donors (Lipinski definition) is 4. The number of amides is 2. The lowest BCUT2D eigenvalue weighted by atomic mass is 9.90. The molecule has 0 atom stereocenters. The molecule has 9 nitrogen and oxygen atoms in total. The maximum atomic E-state index is 13.5. The van der Waals surface area contributed by atoms with Crippen LogP contribution in [0.15, 0.2) is 60.7 Å². The summed E-state index contributed by atoms with van der Waals surface area (Å²) in [5.74, 6) is 1.39. The van der Waals surface area contributed by atoms with Crippen molar-refractivity contribution in [1.82, 2.24) is 5.32 Å². The lowest BCUT2D eigenvalue weighted by molar-refractivity contribution is 0.0953. The molecule has 0 aromatic heterocycles. The van der Waals surface area contributed by atoms with Gasteiger partial charge in [0.1, 0.15) is 23.0 Å². The number of unbranched alkanes of at least 4 members (excludes halogenated alkanes) is 1. The number of rotatable bonds is 12. The number of hydrogen-bond acceptors (Lipinski definition) is 7. The van der Waals surface area contributed by atoms with Crippen LogP contribution >= 0.6 is 0 Å². The Kier molecular flexibility index (Phi) is 12.8. The molecule has 51 heavy (non-hydrogen) atoms. The van der Waals surface area contributed by atoms with Gasteiger partial charge in [0.15, 0.2) is 0 Å². The van der Waals surface area contributed by atoms with Crippen LogP contribution in [0, 0.1) is 0 Å². The Morgan fingerprint density at radius 3 is 1.51 bits per heavy atom. The number of para-hydroxylation sites is 2. The van der Waals surface area contributed by atoms with Crippen molar-refractivity contribution in [3.63, 3.8) is 0 Å². The van der Waals surface area contributed by atoms with Crippen molar-refractivity contribution in [3.05, 3.63) is 111 Å². The van der Waals surface area contributed by atoms with E-state index in [-0.39, 0.29) is 24.0 Å². The van der Waals surface area contributed by atoms with Gasteiger partial charge in [-0.3, -0.25) is 10.1 Å². The molecule has 4 aromatic rings. The molecule has 1 aliphatic rings. The van der Waals surface area contributed by atoms with E-state index in [1.807, 2.05) is 50.2 Å². The Morgan fingerprint density at radius 2 is 1.10 bits per heavy atom. The number of phenolic OH excluding ortho intramolecular Hbond substituents is 2. The number of nitrogens with one attached hydrogen (secondary N) is 2. The number of fused-ring (bicyclic) bond motifs is 8. The van der Waals surface area contributed by atoms with Gasteiger partial charge in [0.25, 0.3) is 5.91 Å². The zero-order valence-corrected chi connectivity index (χ0v) is 30.2. The first-order valence-electron chi connectivity index (χ1n) is 18.1. The molecule has 4 N–H and O–H groups in total. The predicted octanol–water partition coefficient (Wildman–Crippen LogP) is 8.45. The Morgan fingerprint density at radius 1 is 0.647 bits per heavy atom. The number of aromatic hydroxyl groups is 2. The zero-order valence-electron chi connectivity index (χ0n) is 30.2. The maximum Gasteiger partial charge on any atom is 0.411 e. The average Bonchev–Trinajstić information content (AvgIpc) is 3.11. The molecule has 0 radical (unpaired) electrons. The van der Waals surface area contributed by atoms with Gasteiger partial charge in [-0.25, -0.2) is 4.79 Å². The van der Waals surface area contributed by atoms with Crippen molar-refractivity contribution < 1.29 is 34.0 Å². The number of phenols is 2. The summed E-state index contributed by atoms with van der Waals surface area (Å²) in [4.78, 5) is 26.0. The fourth-order valence-electron chi connectivity index (χ4n) is 6.46. The van der Waals surface area contributed by atoms with Gasteiger partial charge in [-0.05, 0) is 83.8 Å². The standard InChI is InChI=1S/C42H50N2O7/c1-5-9-16-43-41(47)35-23-31-19-27-12-10-14-29(39(27)50-17-6-2)21-33-25-36(44-42(48)49-8-4)26-34(38(33)46)22-30-15-11-13-28(40(30)51-18-7-3)20-32(24-35)37(31)45/h10-15,23-26,45-46H,5-9,16-22H2,1-4H3,(H,43,47)(H,44,48). The van der Waals surface area contributed by atoms with Crippen molar-refractivity contribution in [2.45, 2.75) is 79.1 Å². The number of carbonyl (C=O) groups excluding carboxylic acids is 2. The minimum Gasteiger partial charge on any atom is -0.507 e. The Bertz CT molecular complexity index is 1750. The Balaban J connectivity index is 1.74. The van der Waals surface area contributed by atoms with Gasteiger partial charge in [-0.15, -0.1) is 0 Å². The van der Waals surface area contributed by atoms with Gasteiger partial charge in [-0.1, -0.05) is 63.6 Å². The molecule has 0 saturated heterocycles. The van der Waals surface area contributed by atoms with Gasteiger partial charge in [0.2, 0.25) is 0 Å². The molecule has 4 aromatic carbocycles. The van der Waals surface area contributed by atoms with E-state index in [4.69, 9.17) is 14.2 Å². The fraction of sp³-hybridized carbons (Fsp3) is 0.381. The minimum absolute atomic E-state index is 0.122. The summed E-state index contributed by atoms with van der Waals surface area (Å²) in [6.07, 6.45) is 4.05. The van der Waals surface area contributed by atoms with Gasteiger partial charge < -0.3 is 29.7 Å². The Hall–Kier alpha value is -5.18. The maximum absolute atomic E-state index is 13.5. The molecule has 0 spiro atoms. The fourth-order valence-corrected chi connectivity index (χ4v) is 6.46. The van der Waals surface area contributed by atoms with Gasteiger partial charge in [0.05, 0.1) is 19.8 Å². The van der Waals surface area contributed by atoms with Crippen molar-refractivity contribution in [2.24, 2.45) is 0 Å². The third-order valence-corrected chi connectivity index (χ3v) is 8.92. The highest BCUT2D eigenvalue weighted by molar-refractivity contribution is 5.95. The number of ether oxygens (including phenoxy) is 3. The van der Waals surface area contributed by atoms with Crippen LogP contribution in [0.4, 0.5) is 10.5 Å². The second-order valence-corrected chi connectivity index (χ2v) is 13.0. The molecule has 0 saturated carbocycles. The Labute approximate surface area is 301 Å². The summed E-state index contributed by atoms with van der Waals surface area (Å²) >= 11 is 0. The number of carbonyl (C=O) groups is 2. The molecule has 2 amide bonds. The third kappa shape index (κ3) is 9.14. The lowest BCUT2D eigenvalue weighted by Crippen LogP contribution is -2.24. The van der Waals surface area contributed by atoms with Gasteiger partial charge >= 0.3 is 6.09 Å². The van der Waals surface area contributed by atoms with E-state index in [0.29, 0.717) is 90.4 Å². The molecule has 0 heterocycles. The van der Waals surface area contributed by atoms with Crippen LogP contribution in [-0.2, 0) is 30.4 Å². The van der Waals surface area contributed by atoms with Crippen LogP contribution in [0.3, 0.4) is 0 Å². The summed E-state index contributed by atoms with van der Waals surface area (Å²) in [5.41, 5.74) is 6.76.